The highest BCUT2D eigenvalue weighted by atomic mass is 16.3. The average Bonchev–Trinajstić information content (AvgIpc) is 2.64. The van der Waals surface area contributed by atoms with Gasteiger partial charge in [-0.15, -0.1) is 0 Å². The van der Waals surface area contributed by atoms with Gasteiger partial charge in [-0.05, 0) is 19.4 Å². The van der Waals surface area contributed by atoms with E-state index in [-0.39, 0.29) is 23.9 Å². The molecule has 0 aromatic heterocycles. The molecule has 20 heavy (non-hydrogen) atoms. The lowest BCUT2D eigenvalue weighted by Gasteiger charge is -2.27. The molecule has 0 bridgehead atoms. The number of hydrogen-bond donors (Lipinski definition) is 2. The van der Waals surface area contributed by atoms with E-state index in [0.29, 0.717) is 0 Å². The van der Waals surface area contributed by atoms with Gasteiger partial charge in [-0.3, -0.25) is 9.59 Å². The molecule has 1 aromatic rings. The number of hydrogen-bond acceptors (Lipinski definition) is 4. The second-order valence-electron chi connectivity index (χ2n) is 5.07. The molecule has 106 valence electrons. The van der Waals surface area contributed by atoms with Crippen molar-refractivity contribution in [3.05, 3.63) is 47.2 Å². The highest BCUT2D eigenvalue weighted by molar-refractivity contribution is 6.08. The second-order valence-corrected chi connectivity index (χ2v) is 5.07. The first kappa shape index (κ1) is 14.3. The number of ketones is 1. The highest BCUT2D eigenvalue weighted by Crippen LogP contribution is 2.37. The normalized spacial score (nSPS) is 20.4. The smallest absolute Gasteiger partial charge is 0.290 e. The van der Waals surface area contributed by atoms with Crippen LogP contribution in [0, 0.1) is 0 Å². The molecular weight excluding hydrogens is 256 g/mol. The largest absolute Gasteiger partial charge is 0.503 e. The molecule has 3 N–H and O–H groups in total. The number of carbonyl (C=O) groups is 2. The zero-order valence-electron chi connectivity index (χ0n) is 11.5. The molecule has 1 amide bonds. The van der Waals surface area contributed by atoms with E-state index in [1.165, 1.54) is 11.8 Å². The summed E-state index contributed by atoms with van der Waals surface area (Å²) in [6.45, 7) is 3.40. The van der Waals surface area contributed by atoms with Gasteiger partial charge in [-0.2, -0.15) is 0 Å². The fourth-order valence-electron chi connectivity index (χ4n) is 2.49. The first-order valence-corrected chi connectivity index (χ1v) is 6.49. The Kier molecular flexibility index (Phi) is 3.90. The maximum absolute atomic E-state index is 12.1. The molecule has 5 nitrogen and oxygen atoms in total. The van der Waals surface area contributed by atoms with Crippen LogP contribution >= 0.6 is 0 Å². The summed E-state index contributed by atoms with van der Waals surface area (Å²) in [5, 5.41) is 9.97. The molecule has 0 saturated carbocycles. The Morgan fingerprint density at radius 1 is 1.40 bits per heavy atom. The van der Waals surface area contributed by atoms with Crippen molar-refractivity contribution in [2.24, 2.45) is 5.73 Å². The zero-order valence-corrected chi connectivity index (χ0v) is 11.5. The Morgan fingerprint density at radius 3 is 2.50 bits per heavy atom. The monoisotopic (exact) mass is 274 g/mol. The van der Waals surface area contributed by atoms with Gasteiger partial charge in [-0.1, -0.05) is 30.3 Å². The molecule has 0 fully saturated rings. The molecule has 1 heterocycles. The number of aliphatic hydroxyl groups is 1. The van der Waals surface area contributed by atoms with Crippen LogP contribution in [0.3, 0.4) is 0 Å². The number of rotatable bonds is 4. The average molecular weight is 274 g/mol. The minimum Gasteiger partial charge on any atom is -0.503 e. The summed E-state index contributed by atoms with van der Waals surface area (Å²) < 4.78 is 0. The first-order chi connectivity index (χ1) is 9.43. The predicted molar refractivity (Wildman–Crippen MR) is 74.9 cm³/mol. The van der Waals surface area contributed by atoms with Crippen LogP contribution in [0.25, 0.3) is 0 Å². The zero-order chi connectivity index (χ0) is 14.9. The minimum atomic E-state index is -0.563. The van der Waals surface area contributed by atoms with E-state index in [0.717, 1.165) is 5.56 Å². The number of Topliss-reactive ketones (excluding diaryl/α,β-unsaturated/α-hetero) is 1. The van der Waals surface area contributed by atoms with Crippen molar-refractivity contribution < 1.29 is 14.7 Å². The quantitative estimate of drug-likeness (QED) is 0.867. The molecular formula is C15H18N2O3. The number of amides is 1. The molecule has 2 unspecified atom stereocenters. The predicted octanol–water partition coefficient (Wildman–Crippen LogP) is 1.32. The van der Waals surface area contributed by atoms with Crippen LogP contribution in [-0.4, -0.2) is 34.3 Å². The molecule has 0 spiro atoms. The third-order valence-corrected chi connectivity index (χ3v) is 3.28. The number of nitrogens with zero attached hydrogens (tertiary/aromatic N) is 1. The third kappa shape index (κ3) is 2.44. The maximum Gasteiger partial charge on any atom is 0.290 e. The molecule has 5 heteroatoms. The van der Waals surface area contributed by atoms with Gasteiger partial charge in [-0.25, -0.2) is 0 Å². The number of benzene rings is 1. The van der Waals surface area contributed by atoms with Crippen molar-refractivity contribution in [1.29, 1.82) is 0 Å². The molecule has 1 aliphatic heterocycles. The summed E-state index contributed by atoms with van der Waals surface area (Å²) in [5.74, 6) is -1.31. The summed E-state index contributed by atoms with van der Waals surface area (Å²) in [7, 11) is 0. The Hall–Kier alpha value is -2.14. The maximum atomic E-state index is 12.1. The summed E-state index contributed by atoms with van der Waals surface area (Å²) >= 11 is 0. The third-order valence-electron chi connectivity index (χ3n) is 3.28. The second kappa shape index (κ2) is 5.46. The van der Waals surface area contributed by atoms with Crippen molar-refractivity contribution in [3.8, 4) is 0 Å². The molecule has 1 aliphatic rings. The van der Waals surface area contributed by atoms with Gasteiger partial charge in [0.25, 0.3) is 5.91 Å². The standard InChI is InChI=1S/C15H18N2O3/c1-9(16)8-17-13(11-6-4-3-5-7-11)12(10(2)18)14(19)15(17)20/h3-7,9,13,19H,8,16H2,1-2H3. The molecule has 0 radical (unpaired) electrons. The molecule has 1 aromatic carbocycles. The Labute approximate surface area is 117 Å². The topological polar surface area (TPSA) is 83.6 Å². The van der Waals surface area contributed by atoms with Gasteiger partial charge in [0.1, 0.15) is 0 Å². The van der Waals surface area contributed by atoms with Gasteiger partial charge in [0.2, 0.25) is 0 Å². The number of aliphatic hydroxyl groups excluding tert-OH is 1. The minimum absolute atomic E-state index is 0.141. The molecule has 0 aliphatic carbocycles. The van der Waals surface area contributed by atoms with Crippen LogP contribution in [-0.2, 0) is 9.59 Å². The lowest BCUT2D eigenvalue weighted by molar-refractivity contribution is -0.129. The van der Waals surface area contributed by atoms with E-state index in [1.807, 2.05) is 30.3 Å². The number of nitrogens with two attached hydrogens (primary N) is 1. The Bertz CT molecular complexity index is 564. The van der Waals surface area contributed by atoms with E-state index in [1.54, 1.807) is 6.92 Å². The first-order valence-electron chi connectivity index (χ1n) is 6.49. The lowest BCUT2D eigenvalue weighted by Crippen LogP contribution is -2.39. The van der Waals surface area contributed by atoms with Crippen molar-refractivity contribution >= 4 is 11.7 Å². The van der Waals surface area contributed by atoms with Crippen LogP contribution in [0.15, 0.2) is 41.7 Å². The van der Waals surface area contributed by atoms with Crippen LogP contribution in [0.5, 0.6) is 0 Å². The summed E-state index contributed by atoms with van der Waals surface area (Å²) in [4.78, 5) is 25.4. The van der Waals surface area contributed by atoms with Gasteiger partial charge in [0, 0.05) is 12.6 Å². The fraction of sp³-hybridized carbons (Fsp3) is 0.333. The van der Waals surface area contributed by atoms with E-state index in [2.05, 4.69) is 0 Å². The lowest BCUT2D eigenvalue weighted by atomic mass is 9.96. The number of carbonyl (C=O) groups excluding carboxylic acids is 2. The van der Waals surface area contributed by atoms with E-state index in [9.17, 15) is 14.7 Å². The van der Waals surface area contributed by atoms with E-state index >= 15 is 0 Å². The fourth-order valence-corrected chi connectivity index (χ4v) is 2.49. The van der Waals surface area contributed by atoms with Gasteiger partial charge in [0.15, 0.2) is 11.5 Å². The van der Waals surface area contributed by atoms with Gasteiger partial charge >= 0.3 is 0 Å². The van der Waals surface area contributed by atoms with Crippen molar-refractivity contribution in [1.82, 2.24) is 4.90 Å². The van der Waals surface area contributed by atoms with Crippen molar-refractivity contribution in [2.75, 3.05) is 6.54 Å². The Morgan fingerprint density at radius 2 is 2.00 bits per heavy atom. The van der Waals surface area contributed by atoms with Gasteiger partial charge in [0.05, 0.1) is 11.6 Å². The SMILES string of the molecule is CC(=O)C1=C(O)C(=O)N(CC(C)N)C1c1ccccc1. The Balaban J connectivity index is 2.50. The van der Waals surface area contributed by atoms with E-state index < -0.39 is 17.7 Å². The van der Waals surface area contributed by atoms with Crippen LogP contribution < -0.4 is 5.73 Å². The molecule has 2 rings (SSSR count). The van der Waals surface area contributed by atoms with E-state index in [4.69, 9.17) is 5.73 Å². The summed E-state index contributed by atoms with van der Waals surface area (Å²) in [5.41, 5.74) is 6.69. The summed E-state index contributed by atoms with van der Waals surface area (Å²) in [6.07, 6.45) is 0. The van der Waals surface area contributed by atoms with Crippen LogP contribution in [0.4, 0.5) is 0 Å². The van der Waals surface area contributed by atoms with Crippen molar-refractivity contribution in [3.63, 3.8) is 0 Å². The van der Waals surface area contributed by atoms with Crippen molar-refractivity contribution in [2.45, 2.75) is 25.9 Å². The van der Waals surface area contributed by atoms with Crippen LogP contribution in [0.2, 0.25) is 0 Å². The highest BCUT2D eigenvalue weighted by Gasteiger charge is 2.42. The molecule has 2 atom stereocenters. The van der Waals surface area contributed by atoms with Crippen LogP contribution in [0.1, 0.15) is 25.5 Å². The summed E-state index contributed by atoms with van der Waals surface area (Å²) in [6, 6.07) is 8.36. The van der Waals surface area contributed by atoms with Gasteiger partial charge < -0.3 is 15.7 Å². The molecule has 0 saturated heterocycles.